The van der Waals surface area contributed by atoms with Crippen molar-refractivity contribution in [3.63, 3.8) is 0 Å². The van der Waals surface area contributed by atoms with Crippen LogP contribution in [0.3, 0.4) is 0 Å². The Kier molecular flexibility index (Phi) is 7.08. The van der Waals surface area contributed by atoms with Gasteiger partial charge in [-0.3, -0.25) is 0 Å². The Labute approximate surface area is 206 Å². The first-order chi connectivity index (χ1) is 17.2. The van der Waals surface area contributed by atoms with Crippen molar-refractivity contribution in [2.75, 3.05) is 7.11 Å². The monoisotopic (exact) mass is 465 g/mol. The zero-order valence-electron chi connectivity index (χ0n) is 20.2. The van der Waals surface area contributed by atoms with E-state index in [-0.39, 0.29) is 11.9 Å². The van der Waals surface area contributed by atoms with Crippen LogP contribution >= 0.6 is 0 Å². The third-order valence-electron chi connectivity index (χ3n) is 7.09. The fraction of sp³-hybridized carbons (Fsp3) is 0.290. The van der Waals surface area contributed by atoms with Gasteiger partial charge in [-0.25, -0.2) is 9.78 Å². The van der Waals surface area contributed by atoms with Gasteiger partial charge >= 0.3 is 5.97 Å². The molecule has 1 aliphatic rings. The molecule has 0 saturated heterocycles. The summed E-state index contributed by atoms with van der Waals surface area (Å²) in [4.78, 5) is 17.5. The largest absolute Gasteiger partial charge is 0.487 e. The number of esters is 1. The van der Waals surface area contributed by atoms with Crippen molar-refractivity contribution in [3.05, 3.63) is 107 Å². The van der Waals surface area contributed by atoms with Crippen molar-refractivity contribution < 1.29 is 14.3 Å². The van der Waals surface area contributed by atoms with Gasteiger partial charge in [-0.2, -0.15) is 0 Å². The Morgan fingerprint density at radius 3 is 2.49 bits per heavy atom. The highest BCUT2D eigenvalue weighted by atomic mass is 16.5. The maximum atomic E-state index is 12.8. The van der Waals surface area contributed by atoms with Crippen molar-refractivity contribution in [1.29, 1.82) is 0 Å². The summed E-state index contributed by atoms with van der Waals surface area (Å²) >= 11 is 0. The molecule has 4 aromatic rings. The van der Waals surface area contributed by atoms with Gasteiger partial charge in [-0.15, -0.1) is 0 Å². The third-order valence-corrected chi connectivity index (χ3v) is 7.09. The molecule has 0 bridgehead atoms. The number of carbonyl (C=O) groups excluding carboxylic acids is 1. The van der Waals surface area contributed by atoms with Crippen LogP contribution in [0.1, 0.15) is 65.2 Å². The van der Waals surface area contributed by atoms with E-state index in [2.05, 4.69) is 36.4 Å². The van der Waals surface area contributed by atoms with Crippen molar-refractivity contribution >= 4 is 16.9 Å². The second-order valence-electron chi connectivity index (χ2n) is 9.31. The Morgan fingerprint density at radius 1 is 0.914 bits per heavy atom. The van der Waals surface area contributed by atoms with Crippen LogP contribution in [0, 0.1) is 5.92 Å². The summed E-state index contributed by atoms with van der Waals surface area (Å²) in [7, 11) is 1.44. The summed E-state index contributed by atoms with van der Waals surface area (Å²) in [5.41, 5.74) is 4.66. The number of aromatic nitrogens is 1. The second kappa shape index (κ2) is 10.7. The normalized spacial score (nSPS) is 15.0. The second-order valence-corrected chi connectivity index (χ2v) is 9.31. The highest BCUT2D eigenvalue weighted by Gasteiger charge is 2.30. The highest BCUT2D eigenvalue weighted by molar-refractivity contribution is 5.91. The number of nitrogens with zero attached hydrogens (tertiary/aromatic N) is 1. The molecular weight excluding hydrogens is 434 g/mol. The predicted octanol–water partition coefficient (Wildman–Crippen LogP) is 7.31. The van der Waals surface area contributed by atoms with Gasteiger partial charge in [-0.1, -0.05) is 73.9 Å². The van der Waals surface area contributed by atoms with Gasteiger partial charge in [0.1, 0.15) is 12.4 Å². The Morgan fingerprint density at radius 2 is 1.69 bits per heavy atom. The first-order valence-electron chi connectivity index (χ1n) is 12.5. The molecule has 0 N–H and O–H groups in total. The Bertz CT molecular complexity index is 1300. The van der Waals surface area contributed by atoms with E-state index in [1.54, 1.807) is 0 Å². The number of rotatable bonds is 7. The number of benzene rings is 3. The van der Waals surface area contributed by atoms with Crippen LogP contribution in [0.2, 0.25) is 0 Å². The van der Waals surface area contributed by atoms with Gasteiger partial charge in [0.2, 0.25) is 0 Å². The van der Waals surface area contributed by atoms with Crippen LogP contribution in [0.5, 0.6) is 5.75 Å². The lowest BCUT2D eigenvalue weighted by Crippen LogP contribution is -2.20. The Balaban J connectivity index is 1.49. The molecule has 0 amide bonds. The maximum absolute atomic E-state index is 12.8. The minimum Gasteiger partial charge on any atom is -0.487 e. The standard InChI is InChI=1S/C31H31NO3/c1-34-31(33)27-19-18-26(35-21-25-17-16-22-10-8-9-15-29(22)32-25)20-28(27)30(23-11-4-2-5-12-23)24-13-6-3-7-14-24/h2,4-5,8-12,15-20,24,30H,3,6-7,13-14,21H2,1H3. The molecule has 5 rings (SSSR count). The first kappa shape index (κ1) is 23.1. The van der Waals surface area contributed by atoms with Gasteiger partial charge in [0.15, 0.2) is 0 Å². The van der Waals surface area contributed by atoms with E-state index in [9.17, 15) is 4.79 Å². The molecule has 1 unspecified atom stereocenters. The minimum atomic E-state index is -0.306. The number of hydrogen-bond donors (Lipinski definition) is 0. The summed E-state index contributed by atoms with van der Waals surface area (Å²) in [6.45, 7) is 0.362. The summed E-state index contributed by atoms with van der Waals surface area (Å²) in [5, 5.41) is 1.11. The number of para-hydroxylation sites is 1. The average molecular weight is 466 g/mol. The van der Waals surface area contributed by atoms with Crippen molar-refractivity contribution in [2.45, 2.75) is 44.6 Å². The van der Waals surface area contributed by atoms with E-state index >= 15 is 0 Å². The smallest absolute Gasteiger partial charge is 0.338 e. The molecule has 1 heterocycles. The van der Waals surface area contributed by atoms with E-state index in [1.807, 2.05) is 48.5 Å². The zero-order chi connectivity index (χ0) is 24.0. The van der Waals surface area contributed by atoms with Gasteiger partial charge < -0.3 is 9.47 Å². The molecule has 0 aliphatic heterocycles. The van der Waals surface area contributed by atoms with Gasteiger partial charge in [0, 0.05) is 11.3 Å². The number of methoxy groups -OCH3 is 1. The molecule has 1 aliphatic carbocycles. The summed E-state index contributed by atoms with van der Waals surface area (Å²) in [5.74, 6) is 1.03. The number of fused-ring (bicyclic) bond motifs is 1. The SMILES string of the molecule is COC(=O)c1ccc(OCc2ccc3ccccc3n2)cc1C(c1ccccc1)C1CCCCC1. The van der Waals surface area contributed by atoms with Crippen molar-refractivity contribution in [1.82, 2.24) is 4.98 Å². The zero-order valence-corrected chi connectivity index (χ0v) is 20.2. The summed E-state index contributed by atoms with van der Waals surface area (Å²) in [6.07, 6.45) is 6.05. The van der Waals surface area contributed by atoms with Crippen LogP contribution < -0.4 is 4.74 Å². The predicted molar refractivity (Wildman–Crippen MR) is 139 cm³/mol. The van der Waals surface area contributed by atoms with E-state index in [4.69, 9.17) is 14.5 Å². The number of carbonyl (C=O) groups is 1. The van der Waals surface area contributed by atoms with Gasteiger partial charge in [0.25, 0.3) is 0 Å². The van der Waals surface area contributed by atoms with E-state index in [0.29, 0.717) is 18.1 Å². The van der Waals surface area contributed by atoms with Crippen LogP contribution in [-0.2, 0) is 11.3 Å². The van der Waals surface area contributed by atoms with Crippen LogP contribution in [0.15, 0.2) is 84.9 Å². The van der Waals surface area contributed by atoms with Crippen LogP contribution in [0.25, 0.3) is 10.9 Å². The third kappa shape index (κ3) is 5.22. The molecule has 3 aromatic carbocycles. The van der Waals surface area contributed by atoms with Crippen LogP contribution in [0.4, 0.5) is 0 Å². The molecule has 1 saturated carbocycles. The Hall–Kier alpha value is -3.66. The number of hydrogen-bond acceptors (Lipinski definition) is 4. The van der Waals surface area contributed by atoms with Crippen molar-refractivity contribution in [2.24, 2.45) is 5.92 Å². The summed E-state index contributed by atoms with van der Waals surface area (Å²) < 4.78 is 11.4. The molecule has 1 aromatic heterocycles. The molecule has 0 radical (unpaired) electrons. The van der Waals surface area contributed by atoms with E-state index in [0.717, 1.165) is 40.8 Å². The molecule has 0 spiro atoms. The average Bonchev–Trinajstić information content (AvgIpc) is 2.93. The molecule has 178 valence electrons. The van der Waals surface area contributed by atoms with Crippen molar-refractivity contribution in [3.8, 4) is 5.75 Å². The maximum Gasteiger partial charge on any atom is 0.338 e. The number of pyridine rings is 1. The lowest BCUT2D eigenvalue weighted by molar-refractivity contribution is 0.0598. The van der Waals surface area contributed by atoms with Crippen LogP contribution in [-0.4, -0.2) is 18.1 Å². The molecule has 35 heavy (non-hydrogen) atoms. The topological polar surface area (TPSA) is 48.4 Å². The lowest BCUT2D eigenvalue weighted by Gasteiger charge is -2.32. The molecular formula is C31H31NO3. The van der Waals surface area contributed by atoms with Gasteiger partial charge in [0.05, 0.1) is 23.9 Å². The molecule has 1 fully saturated rings. The number of ether oxygens (including phenoxy) is 2. The van der Waals surface area contributed by atoms with E-state index < -0.39 is 0 Å². The fourth-order valence-corrected chi connectivity index (χ4v) is 5.36. The summed E-state index contributed by atoms with van der Waals surface area (Å²) in [6, 6.07) is 28.4. The quantitative estimate of drug-likeness (QED) is 0.268. The van der Waals surface area contributed by atoms with E-state index in [1.165, 1.54) is 31.9 Å². The molecule has 4 heteroatoms. The minimum absolute atomic E-state index is 0.118. The van der Waals surface area contributed by atoms with Gasteiger partial charge in [-0.05, 0) is 60.2 Å². The first-order valence-corrected chi connectivity index (χ1v) is 12.5. The molecule has 1 atom stereocenters. The lowest BCUT2D eigenvalue weighted by atomic mass is 9.72. The highest BCUT2D eigenvalue weighted by Crippen LogP contribution is 2.42. The fourth-order valence-electron chi connectivity index (χ4n) is 5.36. The molecule has 4 nitrogen and oxygen atoms in total.